The van der Waals surface area contributed by atoms with Crippen LogP contribution in [0.4, 0.5) is 5.95 Å². The number of fused-ring (bicyclic) bond motifs is 1. The number of imide groups is 1. The predicted octanol–water partition coefficient (Wildman–Crippen LogP) is 5.41. The fourth-order valence-corrected chi connectivity index (χ4v) is 9.67. The Kier molecular flexibility index (Phi) is 12.2. The van der Waals surface area contributed by atoms with Crippen LogP contribution in [0.15, 0.2) is 79.0 Å². The predicted molar refractivity (Wildman–Crippen MR) is 233 cm³/mol. The first kappa shape index (κ1) is 41.5. The van der Waals surface area contributed by atoms with E-state index in [4.69, 9.17) is 21.3 Å². The maximum Gasteiger partial charge on any atom is 0.255 e. The van der Waals surface area contributed by atoms with Gasteiger partial charge in [0.25, 0.3) is 5.91 Å². The van der Waals surface area contributed by atoms with Crippen molar-refractivity contribution in [3.8, 4) is 28.1 Å². The molecule has 0 saturated carbocycles. The van der Waals surface area contributed by atoms with E-state index in [-0.39, 0.29) is 48.1 Å². The summed E-state index contributed by atoms with van der Waals surface area (Å²) in [5, 5.41) is 6.32. The molecule has 0 radical (unpaired) electrons. The summed E-state index contributed by atoms with van der Waals surface area (Å²) in [6, 6.07) is 23.3. The summed E-state index contributed by atoms with van der Waals surface area (Å²) in [7, 11) is 0. The van der Waals surface area contributed by atoms with E-state index in [0.717, 1.165) is 47.9 Å². The molecule has 9 rings (SSSR count). The van der Waals surface area contributed by atoms with Crippen LogP contribution in [-0.4, -0.2) is 123 Å². The molecule has 4 saturated heterocycles. The Labute approximate surface area is 365 Å². The van der Waals surface area contributed by atoms with Gasteiger partial charge < -0.3 is 24.8 Å². The number of nitrogens with one attached hydrogen (secondary N) is 2. The number of anilines is 1. The molecule has 6 heterocycles. The maximum atomic E-state index is 13.6. The highest BCUT2D eigenvalue weighted by Crippen LogP contribution is 2.33. The third-order valence-corrected chi connectivity index (χ3v) is 13.3. The molecule has 1 unspecified atom stereocenters. The van der Waals surface area contributed by atoms with Crippen molar-refractivity contribution >= 4 is 47.1 Å². The van der Waals surface area contributed by atoms with Crippen LogP contribution in [0.25, 0.3) is 22.4 Å². The van der Waals surface area contributed by atoms with Gasteiger partial charge in [-0.3, -0.25) is 34.2 Å². The minimum Gasteiger partial charge on any atom is -0.490 e. The van der Waals surface area contributed by atoms with Crippen LogP contribution in [0.2, 0.25) is 5.02 Å². The molecule has 0 spiro atoms. The van der Waals surface area contributed by atoms with Crippen LogP contribution in [0.5, 0.6) is 5.75 Å². The molecule has 3 aromatic carbocycles. The zero-order valence-corrected chi connectivity index (χ0v) is 35.4. The fraction of sp³-hybridized carbons (Fsp3) is 0.426. The van der Waals surface area contributed by atoms with Crippen LogP contribution in [0, 0.1) is 5.92 Å². The van der Waals surface area contributed by atoms with E-state index in [2.05, 4.69) is 44.8 Å². The number of benzene rings is 3. The number of ether oxygens (including phenoxy) is 1. The summed E-state index contributed by atoms with van der Waals surface area (Å²) in [6.07, 6.45) is 6.59. The third kappa shape index (κ3) is 9.17. The average Bonchev–Trinajstić information content (AvgIpc) is 3.62. The van der Waals surface area contributed by atoms with Crippen LogP contribution < -0.4 is 15.4 Å². The lowest BCUT2D eigenvalue weighted by atomic mass is 9.93. The topological polar surface area (TPSA) is 157 Å². The number of carbonyl (C=O) groups is 5. The van der Waals surface area contributed by atoms with E-state index in [1.54, 1.807) is 18.3 Å². The molecule has 322 valence electrons. The largest absolute Gasteiger partial charge is 0.490 e. The van der Waals surface area contributed by atoms with Gasteiger partial charge in [0.1, 0.15) is 17.9 Å². The van der Waals surface area contributed by atoms with Gasteiger partial charge in [-0.1, -0.05) is 60.1 Å². The van der Waals surface area contributed by atoms with Crippen molar-refractivity contribution in [1.82, 2.24) is 34.9 Å². The van der Waals surface area contributed by atoms with Crippen molar-refractivity contribution in [3.05, 3.63) is 95.1 Å². The molecule has 15 heteroatoms. The molecule has 0 aliphatic carbocycles. The second kappa shape index (κ2) is 18.2. The quantitative estimate of drug-likeness (QED) is 0.198. The number of rotatable bonds is 10. The lowest BCUT2D eigenvalue weighted by Crippen LogP contribution is -2.52. The number of piperidine rings is 4. The molecule has 5 amide bonds. The third-order valence-electron chi connectivity index (χ3n) is 13.0. The van der Waals surface area contributed by atoms with E-state index in [1.807, 2.05) is 46.2 Å². The second-order valence-electron chi connectivity index (χ2n) is 17.0. The fourth-order valence-electron chi connectivity index (χ4n) is 9.47. The van der Waals surface area contributed by atoms with Gasteiger partial charge in [0.05, 0.1) is 23.5 Å². The van der Waals surface area contributed by atoms with Crippen LogP contribution in [0.3, 0.4) is 0 Å². The zero-order valence-electron chi connectivity index (χ0n) is 34.6. The Bertz CT molecular complexity index is 2340. The first-order valence-electron chi connectivity index (χ1n) is 21.8. The average molecular weight is 859 g/mol. The van der Waals surface area contributed by atoms with Crippen molar-refractivity contribution in [1.29, 1.82) is 0 Å². The summed E-state index contributed by atoms with van der Waals surface area (Å²) < 4.78 is 6.31. The van der Waals surface area contributed by atoms with Crippen LogP contribution in [0.1, 0.15) is 67.3 Å². The van der Waals surface area contributed by atoms with Gasteiger partial charge in [0.15, 0.2) is 0 Å². The first-order valence-corrected chi connectivity index (χ1v) is 22.2. The SMILES string of the molecule is O=C1CCC(N2Cc3cc(OC4CCN(C(=O)CN5CCC(C(=O)N6CCC(Nc7ncc(Cl)c(-c8cccc(-c9ccccc9)c8)n7)CC6)CC5)CC4)ccc3C2=O)C(=O)N1. The number of carbonyl (C=O) groups excluding carboxylic acids is 5. The Morgan fingerprint density at radius 2 is 1.52 bits per heavy atom. The molecule has 4 aromatic rings. The Morgan fingerprint density at radius 1 is 0.790 bits per heavy atom. The van der Waals surface area contributed by atoms with Crippen molar-refractivity contribution in [2.24, 2.45) is 5.92 Å². The lowest BCUT2D eigenvalue weighted by molar-refractivity contribution is -0.139. The monoisotopic (exact) mass is 858 g/mol. The number of amides is 5. The second-order valence-corrected chi connectivity index (χ2v) is 17.5. The van der Waals surface area contributed by atoms with E-state index in [9.17, 15) is 24.0 Å². The van der Waals surface area contributed by atoms with E-state index >= 15 is 0 Å². The maximum absolute atomic E-state index is 13.6. The summed E-state index contributed by atoms with van der Waals surface area (Å²) in [6.45, 7) is 4.61. The molecule has 5 aliphatic rings. The van der Waals surface area contributed by atoms with Gasteiger partial charge in [-0.15, -0.1) is 0 Å². The van der Waals surface area contributed by atoms with E-state index in [0.29, 0.717) is 99.6 Å². The van der Waals surface area contributed by atoms with Crippen molar-refractivity contribution in [3.63, 3.8) is 0 Å². The van der Waals surface area contributed by atoms with Crippen LogP contribution >= 0.6 is 11.6 Å². The number of hydrogen-bond acceptors (Lipinski definition) is 10. The standard InChI is InChI=1S/C47H51ClN8O6/c48-39-27-49-47(52-43(39)33-8-4-7-32(25-33)30-5-2-1-3-6-30)50-35-15-21-55(22-16-35)45(60)31-13-19-53(20-14-31)29-42(58)54-23-17-36(18-24-54)62-37-9-10-38-34(26-37)28-56(46(38)61)40-11-12-41(57)51-44(40)59/h1-10,25-27,31,35-36,40H,11-24,28-29H2,(H,49,50,52)(H,51,57,59). The molecule has 62 heavy (non-hydrogen) atoms. The minimum absolute atomic E-state index is 0.0367. The molecule has 1 atom stereocenters. The van der Waals surface area contributed by atoms with Gasteiger partial charge in [-0.05, 0) is 86.1 Å². The van der Waals surface area contributed by atoms with Gasteiger partial charge in [0, 0.05) is 75.1 Å². The highest BCUT2D eigenvalue weighted by atomic mass is 35.5. The summed E-state index contributed by atoms with van der Waals surface area (Å²) in [5.74, 6) is 0.506. The smallest absolute Gasteiger partial charge is 0.255 e. The molecule has 14 nitrogen and oxygen atoms in total. The molecular formula is C47H51ClN8O6. The first-order chi connectivity index (χ1) is 30.1. The normalized spacial score (nSPS) is 20.6. The minimum atomic E-state index is -0.658. The summed E-state index contributed by atoms with van der Waals surface area (Å²) in [5.41, 5.74) is 5.15. The molecule has 4 fully saturated rings. The number of hydrogen-bond donors (Lipinski definition) is 2. The van der Waals surface area contributed by atoms with E-state index in [1.165, 1.54) is 4.90 Å². The Morgan fingerprint density at radius 3 is 2.27 bits per heavy atom. The van der Waals surface area contributed by atoms with Gasteiger partial charge in [-0.25, -0.2) is 9.97 Å². The van der Waals surface area contributed by atoms with Gasteiger partial charge in [0.2, 0.25) is 29.6 Å². The number of likely N-dealkylation sites (tertiary alicyclic amines) is 3. The molecule has 5 aliphatic heterocycles. The van der Waals surface area contributed by atoms with E-state index < -0.39 is 11.9 Å². The zero-order chi connectivity index (χ0) is 42.7. The summed E-state index contributed by atoms with van der Waals surface area (Å²) in [4.78, 5) is 80.9. The number of nitrogens with zero attached hydrogens (tertiary/aromatic N) is 6. The number of halogens is 1. The number of aromatic nitrogens is 2. The Hall–Kier alpha value is -5.86. The van der Waals surface area contributed by atoms with Crippen molar-refractivity contribution in [2.75, 3.05) is 51.1 Å². The summed E-state index contributed by atoms with van der Waals surface area (Å²) >= 11 is 6.59. The van der Waals surface area contributed by atoms with Gasteiger partial charge >= 0.3 is 0 Å². The molecule has 1 aromatic heterocycles. The lowest BCUT2D eigenvalue weighted by Gasteiger charge is -2.38. The highest BCUT2D eigenvalue weighted by molar-refractivity contribution is 6.33. The molecular weight excluding hydrogens is 808 g/mol. The molecule has 2 N–H and O–H groups in total. The molecule has 0 bridgehead atoms. The van der Waals surface area contributed by atoms with Crippen molar-refractivity contribution < 1.29 is 28.7 Å². The van der Waals surface area contributed by atoms with Crippen LogP contribution in [-0.2, 0) is 25.7 Å². The Balaban J connectivity index is 0.688. The van der Waals surface area contributed by atoms with Gasteiger partial charge in [-0.2, -0.15) is 0 Å². The highest BCUT2D eigenvalue weighted by Gasteiger charge is 2.39. The van der Waals surface area contributed by atoms with Crippen molar-refractivity contribution in [2.45, 2.75) is 76.1 Å².